The van der Waals surface area contributed by atoms with Crippen LogP contribution in [0, 0.1) is 0 Å². The summed E-state index contributed by atoms with van der Waals surface area (Å²) in [4.78, 5) is 4.69. The second kappa shape index (κ2) is 5.97. The van der Waals surface area contributed by atoms with E-state index in [1.165, 1.54) is 0 Å². The SMILES string of the molecule is C[Si]1(C)O[Si](C)(C)[C@H]2C[C@@H]1CN(S(=O)(=O)c1cccc3cccnc13)C2. The predicted octanol–water partition coefficient (Wildman–Crippen LogP) is 3.81. The molecule has 0 spiro atoms. The molecule has 2 bridgehead atoms. The van der Waals surface area contributed by atoms with Gasteiger partial charge in [0, 0.05) is 24.7 Å². The van der Waals surface area contributed by atoms with E-state index in [-0.39, 0.29) is 0 Å². The molecule has 2 fully saturated rings. The summed E-state index contributed by atoms with van der Waals surface area (Å²) >= 11 is 0. The zero-order valence-electron chi connectivity index (χ0n) is 15.8. The van der Waals surface area contributed by atoms with Crippen molar-refractivity contribution in [2.45, 2.75) is 48.6 Å². The van der Waals surface area contributed by atoms with Gasteiger partial charge in [-0.15, -0.1) is 0 Å². The van der Waals surface area contributed by atoms with Gasteiger partial charge in [-0.3, -0.25) is 4.98 Å². The number of hydrogen-bond acceptors (Lipinski definition) is 4. The van der Waals surface area contributed by atoms with Crippen LogP contribution in [0.1, 0.15) is 6.42 Å². The van der Waals surface area contributed by atoms with E-state index in [1.807, 2.05) is 24.3 Å². The molecule has 1 aromatic carbocycles. The van der Waals surface area contributed by atoms with Crippen LogP contribution >= 0.6 is 0 Å². The van der Waals surface area contributed by atoms with E-state index in [4.69, 9.17) is 4.12 Å². The van der Waals surface area contributed by atoms with Crippen LogP contribution in [0.4, 0.5) is 0 Å². The van der Waals surface area contributed by atoms with Crippen molar-refractivity contribution in [2.24, 2.45) is 0 Å². The Hall–Kier alpha value is -1.07. The average Bonchev–Trinajstić information content (AvgIpc) is 2.59. The van der Waals surface area contributed by atoms with Crippen molar-refractivity contribution in [3.63, 3.8) is 0 Å². The van der Waals surface area contributed by atoms with E-state index in [0.717, 1.165) is 11.8 Å². The monoisotopic (exact) mass is 406 g/mol. The van der Waals surface area contributed by atoms with Crippen molar-refractivity contribution < 1.29 is 12.5 Å². The van der Waals surface area contributed by atoms with Gasteiger partial charge < -0.3 is 4.12 Å². The quantitative estimate of drug-likeness (QED) is 0.712. The zero-order chi connectivity index (χ0) is 18.7. The summed E-state index contributed by atoms with van der Waals surface area (Å²) in [5.41, 5.74) is 1.29. The van der Waals surface area contributed by atoms with Crippen LogP contribution in [-0.4, -0.2) is 47.4 Å². The number of rotatable bonds is 2. The van der Waals surface area contributed by atoms with Gasteiger partial charge in [-0.25, -0.2) is 8.42 Å². The van der Waals surface area contributed by atoms with Gasteiger partial charge >= 0.3 is 0 Å². The number of fused-ring (bicyclic) bond motifs is 3. The zero-order valence-corrected chi connectivity index (χ0v) is 18.6. The van der Waals surface area contributed by atoms with Gasteiger partial charge in [0.2, 0.25) is 10.0 Å². The van der Waals surface area contributed by atoms with Crippen molar-refractivity contribution in [3.05, 3.63) is 36.5 Å². The maximum atomic E-state index is 13.5. The molecule has 0 amide bonds. The van der Waals surface area contributed by atoms with Crippen LogP contribution in [0.25, 0.3) is 10.9 Å². The fraction of sp³-hybridized carbons (Fsp3) is 0.500. The molecule has 26 heavy (non-hydrogen) atoms. The molecular formula is C18H26N2O3SSi2. The van der Waals surface area contributed by atoms with Crippen LogP contribution < -0.4 is 0 Å². The molecule has 2 saturated heterocycles. The number of benzene rings is 1. The minimum atomic E-state index is -3.57. The summed E-state index contributed by atoms with van der Waals surface area (Å²) in [6, 6.07) is 9.15. The fourth-order valence-corrected chi connectivity index (χ4v) is 16.5. The van der Waals surface area contributed by atoms with E-state index < -0.39 is 26.7 Å². The second-order valence-corrected chi connectivity index (χ2v) is 19.4. The molecule has 2 aliphatic rings. The predicted molar refractivity (Wildman–Crippen MR) is 109 cm³/mol. The summed E-state index contributed by atoms with van der Waals surface area (Å²) in [6.07, 6.45) is 2.78. The lowest BCUT2D eigenvalue weighted by atomic mass is 10.1. The third-order valence-corrected chi connectivity index (χ3v) is 17.0. The fourth-order valence-electron chi connectivity index (χ4n) is 4.53. The highest BCUT2D eigenvalue weighted by Crippen LogP contribution is 2.49. The third-order valence-electron chi connectivity index (χ3n) is 6.12. The molecule has 0 aliphatic carbocycles. The van der Waals surface area contributed by atoms with Crippen molar-refractivity contribution in [2.75, 3.05) is 13.1 Å². The highest BCUT2D eigenvalue weighted by atomic mass is 32.2. The Morgan fingerprint density at radius 3 is 2.31 bits per heavy atom. The maximum Gasteiger partial charge on any atom is 0.245 e. The van der Waals surface area contributed by atoms with E-state index in [2.05, 4.69) is 31.2 Å². The Morgan fingerprint density at radius 1 is 1.04 bits per heavy atom. The second-order valence-electron chi connectivity index (χ2n) is 8.59. The Bertz CT molecular complexity index is 935. The Labute approximate surface area is 157 Å². The van der Waals surface area contributed by atoms with Crippen molar-refractivity contribution in [1.82, 2.24) is 9.29 Å². The minimum absolute atomic E-state index is 0.329. The smallest absolute Gasteiger partial charge is 0.245 e. The first-order valence-electron chi connectivity index (χ1n) is 9.15. The number of sulfonamides is 1. The topological polar surface area (TPSA) is 59.5 Å². The van der Waals surface area contributed by atoms with Gasteiger partial charge in [-0.05, 0) is 55.8 Å². The van der Waals surface area contributed by atoms with Gasteiger partial charge in [0.15, 0.2) is 16.6 Å². The van der Waals surface area contributed by atoms with Crippen molar-refractivity contribution in [3.8, 4) is 0 Å². The first-order chi connectivity index (χ1) is 12.1. The summed E-state index contributed by atoms with van der Waals surface area (Å²) < 4.78 is 35.4. The molecule has 0 radical (unpaired) electrons. The largest absolute Gasteiger partial charge is 0.455 e. The average molecular weight is 407 g/mol. The highest BCUT2D eigenvalue weighted by Gasteiger charge is 2.54. The molecule has 0 saturated carbocycles. The maximum absolute atomic E-state index is 13.5. The number of aromatic nitrogens is 1. The van der Waals surface area contributed by atoms with Gasteiger partial charge in [0.05, 0.1) is 5.52 Å². The highest BCUT2D eigenvalue weighted by molar-refractivity contribution is 7.89. The first-order valence-corrected chi connectivity index (χ1v) is 16.6. The first kappa shape index (κ1) is 18.3. The molecule has 2 atom stereocenters. The molecule has 140 valence electrons. The summed E-state index contributed by atoms with van der Waals surface area (Å²) in [5.74, 6) is 0. The lowest BCUT2D eigenvalue weighted by molar-refractivity contribution is 0.288. The van der Waals surface area contributed by atoms with Crippen molar-refractivity contribution >= 4 is 37.6 Å². The van der Waals surface area contributed by atoms with Gasteiger partial charge in [0.1, 0.15) is 4.90 Å². The number of hydrogen-bond donors (Lipinski definition) is 0. The molecule has 0 N–H and O–H groups in total. The molecule has 5 nitrogen and oxygen atoms in total. The molecule has 2 aliphatic heterocycles. The molecule has 4 rings (SSSR count). The van der Waals surface area contributed by atoms with E-state index in [9.17, 15) is 8.42 Å². The molecule has 8 heteroatoms. The Balaban J connectivity index is 1.77. The molecule has 3 heterocycles. The minimum Gasteiger partial charge on any atom is -0.455 e. The summed E-state index contributed by atoms with van der Waals surface area (Å²) in [6.45, 7) is 10.1. The number of pyridine rings is 1. The lowest BCUT2D eigenvalue weighted by Crippen LogP contribution is -2.62. The Kier molecular flexibility index (Phi) is 4.20. The number of piperidine rings is 1. The normalized spacial score (nSPS) is 28.2. The molecule has 2 aromatic rings. The van der Waals surface area contributed by atoms with Crippen molar-refractivity contribution in [1.29, 1.82) is 0 Å². The van der Waals surface area contributed by atoms with Gasteiger partial charge in [-0.1, -0.05) is 18.2 Å². The molecular weight excluding hydrogens is 380 g/mol. The molecule has 0 unspecified atom stereocenters. The van der Waals surface area contributed by atoms with Crippen LogP contribution in [0.5, 0.6) is 0 Å². The van der Waals surface area contributed by atoms with Crippen LogP contribution in [-0.2, 0) is 14.1 Å². The number of para-hydroxylation sites is 1. The summed E-state index contributed by atoms with van der Waals surface area (Å²) in [5, 5.41) is 0.860. The van der Waals surface area contributed by atoms with Crippen LogP contribution in [0.2, 0.25) is 37.3 Å². The van der Waals surface area contributed by atoms with Gasteiger partial charge in [0.25, 0.3) is 0 Å². The number of nitrogens with zero attached hydrogens (tertiary/aromatic N) is 2. The van der Waals surface area contributed by atoms with Crippen LogP contribution in [0.3, 0.4) is 0 Å². The van der Waals surface area contributed by atoms with E-state index in [0.29, 0.717) is 34.6 Å². The van der Waals surface area contributed by atoms with E-state index >= 15 is 0 Å². The molecule has 1 aromatic heterocycles. The van der Waals surface area contributed by atoms with Gasteiger partial charge in [-0.2, -0.15) is 4.31 Å². The standard InChI is InChI=1S/C18H26N2O3SSi2/c1-25(2)15-11-16(26(3,4)23-25)13-20(12-15)24(21,22)17-9-5-7-14-8-6-10-19-18(14)17/h5-10,15-16H,11-13H2,1-4H3/t15-,16+. The Morgan fingerprint density at radius 2 is 1.65 bits per heavy atom. The third kappa shape index (κ3) is 2.88. The van der Waals surface area contributed by atoms with E-state index in [1.54, 1.807) is 16.6 Å². The van der Waals surface area contributed by atoms with Crippen LogP contribution in [0.15, 0.2) is 41.4 Å². The summed E-state index contributed by atoms with van der Waals surface area (Å²) in [7, 11) is -7.33. The lowest BCUT2D eigenvalue weighted by Gasteiger charge is -2.54.